The third-order valence-electron chi connectivity index (χ3n) is 3.05. The SMILES string of the molecule is N#C/C=C1\NC(=O)N(Nc2ccc(-c3ccccc3)nn2)C1=O. The number of carbonyl (C=O) groups excluding carboxylic acids is 2. The molecule has 0 bridgehead atoms. The van der Waals surface area contributed by atoms with Crippen LogP contribution in [-0.4, -0.2) is 27.1 Å². The Morgan fingerprint density at radius 3 is 2.57 bits per heavy atom. The minimum absolute atomic E-state index is 0.0983. The lowest BCUT2D eigenvalue weighted by Gasteiger charge is -2.13. The molecule has 0 radical (unpaired) electrons. The van der Waals surface area contributed by atoms with E-state index < -0.39 is 11.9 Å². The molecule has 2 N–H and O–H groups in total. The van der Waals surface area contributed by atoms with Gasteiger partial charge in [-0.25, -0.2) is 4.79 Å². The number of allylic oxidation sites excluding steroid dienone is 1. The maximum atomic E-state index is 11.9. The zero-order valence-corrected chi connectivity index (χ0v) is 11.7. The second-order valence-electron chi connectivity index (χ2n) is 4.54. The maximum absolute atomic E-state index is 11.9. The topological polar surface area (TPSA) is 111 Å². The second-order valence-corrected chi connectivity index (χ2v) is 4.54. The van der Waals surface area contributed by atoms with Crippen LogP contribution < -0.4 is 10.7 Å². The van der Waals surface area contributed by atoms with Crippen LogP contribution in [0.4, 0.5) is 10.6 Å². The highest BCUT2D eigenvalue weighted by Crippen LogP contribution is 2.17. The minimum atomic E-state index is -0.689. The normalized spacial score (nSPS) is 15.4. The van der Waals surface area contributed by atoms with Crippen molar-refractivity contribution < 1.29 is 9.59 Å². The highest BCUT2D eigenvalue weighted by atomic mass is 16.2. The van der Waals surface area contributed by atoms with E-state index in [-0.39, 0.29) is 11.5 Å². The quantitative estimate of drug-likeness (QED) is 0.504. The van der Waals surface area contributed by atoms with Gasteiger partial charge in [0, 0.05) is 11.6 Å². The van der Waals surface area contributed by atoms with Crippen LogP contribution in [0.5, 0.6) is 0 Å². The molecule has 1 aliphatic heterocycles. The molecule has 0 unspecified atom stereocenters. The Morgan fingerprint density at radius 1 is 1.13 bits per heavy atom. The van der Waals surface area contributed by atoms with Crippen LogP contribution in [0.1, 0.15) is 0 Å². The van der Waals surface area contributed by atoms with E-state index in [0.717, 1.165) is 16.6 Å². The number of urea groups is 1. The predicted octanol–water partition coefficient (Wildman–Crippen LogP) is 1.43. The lowest BCUT2D eigenvalue weighted by molar-refractivity contribution is -0.122. The van der Waals surface area contributed by atoms with Crippen LogP contribution in [0.2, 0.25) is 0 Å². The molecule has 8 heteroatoms. The number of carbonyl (C=O) groups is 2. The maximum Gasteiger partial charge on any atom is 0.348 e. The van der Waals surface area contributed by atoms with Crippen LogP contribution in [0.25, 0.3) is 11.3 Å². The van der Waals surface area contributed by atoms with E-state index in [1.54, 1.807) is 18.2 Å². The molecule has 2 aromatic rings. The van der Waals surface area contributed by atoms with Crippen molar-refractivity contribution in [2.75, 3.05) is 5.43 Å². The zero-order valence-electron chi connectivity index (χ0n) is 11.7. The summed E-state index contributed by atoms with van der Waals surface area (Å²) in [7, 11) is 0. The van der Waals surface area contributed by atoms with Crippen molar-refractivity contribution in [3.8, 4) is 17.3 Å². The number of amides is 3. The van der Waals surface area contributed by atoms with E-state index in [2.05, 4.69) is 20.9 Å². The summed E-state index contributed by atoms with van der Waals surface area (Å²) in [5, 5.41) is 19.5. The summed E-state index contributed by atoms with van der Waals surface area (Å²) in [5.41, 5.74) is 4.03. The first-order valence-corrected chi connectivity index (χ1v) is 6.60. The first-order chi connectivity index (χ1) is 11.2. The first-order valence-electron chi connectivity index (χ1n) is 6.60. The Bertz CT molecular complexity index is 823. The molecule has 0 spiro atoms. The van der Waals surface area contributed by atoms with Gasteiger partial charge in [0.2, 0.25) is 0 Å². The van der Waals surface area contributed by atoms with Gasteiger partial charge in [0.05, 0.1) is 11.8 Å². The monoisotopic (exact) mass is 306 g/mol. The van der Waals surface area contributed by atoms with E-state index in [0.29, 0.717) is 5.69 Å². The summed E-state index contributed by atoms with van der Waals surface area (Å²) < 4.78 is 0. The third-order valence-corrected chi connectivity index (χ3v) is 3.05. The fraction of sp³-hybridized carbons (Fsp3) is 0. The molecule has 0 aliphatic carbocycles. The van der Waals surface area contributed by atoms with Crippen LogP contribution in [0.15, 0.2) is 54.2 Å². The fourth-order valence-electron chi connectivity index (χ4n) is 1.97. The van der Waals surface area contributed by atoms with Crippen molar-refractivity contribution in [1.82, 2.24) is 20.5 Å². The van der Waals surface area contributed by atoms with E-state index in [9.17, 15) is 9.59 Å². The van der Waals surface area contributed by atoms with Crippen LogP contribution in [-0.2, 0) is 4.79 Å². The number of rotatable bonds is 3. The van der Waals surface area contributed by atoms with Gasteiger partial charge in [-0.3, -0.25) is 10.2 Å². The molecule has 1 aromatic carbocycles. The lowest BCUT2D eigenvalue weighted by Crippen LogP contribution is -2.36. The van der Waals surface area contributed by atoms with Crippen molar-refractivity contribution >= 4 is 17.8 Å². The van der Waals surface area contributed by atoms with E-state index in [4.69, 9.17) is 5.26 Å². The van der Waals surface area contributed by atoms with E-state index >= 15 is 0 Å². The van der Waals surface area contributed by atoms with Crippen LogP contribution in [0, 0.1) is 11.3 Å². The average molecular weight is 306 g/mol. The summed E-state index contributed by atoms with van der Waals surface area (Å²) >= 11 is 0. The summed E-state index contributed by atoms with van der Waals surface area (Å²) in [5.74, 6) is -0.433. The fourth-order valence-corrected chi connectivity index (χ4v) is 1.97. The number of imide groups is 1. The van der Waals surface area contributed by atoms with Gasteiger partial charge in [-0.2, -0.15) is 10.3 Å². The molecule has 2 heterocycles. The van der Waals surface area contributed by atoms with Gasteiger partial charge in [-0.05, 0) is 12.1 Å². The van der Waals surface area contributed by atoms with Gasteiger partial charge in [0.15, 0.2) is 5.82 Å². The molecule has 0 atom stereocenters. The molecule has 1 saturated heterocycles. The summed E-state index contributed by atoms with van der Waals surface area (Å²) in [6.07, 6.45) is 0.964. The summed E-state index contributed by atoms with van der Waals surface area (Å²) in [6.45, 7) is 0. The van der Waals surface area contributed by atoms with Gasteiger partial charge in [-0.1, -0.05) is 30.3 Å². The zero-order chi connectivity index (χ0) is 16.2. The molecular formula is C15H10N6O2. The summed E-state index contributed by atoms with van der Waals surface area (Å²) in [6, 6.07) is 13.8. The van der Waals surface area contributed by atoms with Gasteiger partial charge in [-0.15, -0.1) is 10.2 Å². The number of nitrogens with one attached hydrogen (secondary N) is 2. The molecule has 8 nitrogen and oxygen atoms in total. The largest absolute Gasteiger partial charge is 0.348 e. The first kappa shape index (κ1) is 14.2. The predicted molar refractivity (Wildman–Crippen MR) is 80.2 cm³/mol. The van der Waals surface area contributed by atoms with E-state index in [1.165, 1.54) is 0 Å². The number of nitriles is 1. The Hall–Kier alpha value is -3.73. The van der Waals surface area contributed by atoms with Crippen molar-refractivity contribution in [3.63, 3.8) is 0 Å². The Kier molecular flexibility index (Phi) is 3.68. The molecule has 3 amide bonds. The minimum Gasteiger partial charge on any atom is -0.300 e. The second kappa shape index (κ2) is 5.95. The van der Waals surface area contributed by atoms with Crippen molar-refractivity contribution in [2.45, 2.75) is 0 Å². The Morgan fingerprint density at radius 2 is 1.91 bits per heavy atom. The number of hydrogen-bond donors (Lipinski definition) is 2. The van der Waals surface area contributed by atoms with Crippen LogP contribution in [0.3, 0.4) is 0 Å². The highest BCUT2D eigenvalue weighted by molar-refractivity contribution is 6.12. The molecule has 112 valence electrons. The molecule has 1 aromatic heterocycles. The smallest absolute Gasteiger partial charge is 0.300 e. The van der Waals surface area contributed by atoms with Gasteiger partial charge in [0.1, 0.15) is 5.70 Å². The number of aromatic nitrogens is 2. The van der Waals surface area contributed by atoms with Crippen molar-refractivity contribution in [3.05, 3.63) is 54.2 Å². The molecule has 1 fully saturated rings. The van der Waals surface area contributed by atoms with Gasteiger partial charge < -0.3 is 5.32 Å². The van der Waals surface area contributed by atoms with Crippen molar-refractivity contribution in [2.24, 2.45) is 0 Å². The highest BCUT2D eigenvalue weighted by Gasteiger charge is 2.34. The number of anilines is 1. The number of benzene rings is 1. The lowest BCUT2D eigenvalue weighted by atomic mass is 10.1. The molecule has 23 heavy (non-hydrogen) atoms. The number of hydrogen-bond acceptors (Lipinski definition) is 6. The molecule has 0 saturated carbocycles. The molecule has 3 rings (SSSR count). The molecular weight excluding hydrogens is 296 g/mol. The van der Waals surface area contributed by atoms with Gasteiger partial charge in [0.25, 0.3) is 5.91 Å². The number of nitrogens with zero attached hydrogens (tertiary/aromatic N) is 4. The van der Waals surface area contributed by atoms with Crippen molar-refractivity contribution in [1.29, 1.82) is 5.26 Å². The Balaban J connectivity index is 1.77. The summed E-state index contributed by atoms with van der Waals surface area (Å²) in [4.78, 5) is 23.6. The molecule has 1 aliphatic rings. The van der Waals surface area contributed by atoms with E-state index in [1.807, 2.05) is 30.3 Å². The van der Waals surface area contributed by atoms with Gasteiger partial charge >= 0.3 is 6.03 Å². The Labute approximate surface area is 131 Å². The number of hydrazine groups is 1. The average Bonchev–Trinajstić information content (AvgIpc) is 2.84. The third kappa shape index (κ3) is 2.84. The van der Waals surface area contributed by atoms with Crippen LogP contribution >= 0.6 is 0 Å². The standard InChI is InChI=1S/C15H10N6O2/c16-9-8-12-14(22)21(15(23)17-12)20-13-7-6-11(18-19-13)10-4-2-1-3-5-10/h1-8H,(H,17,23)(H,19,20)/b12-8-.